The summed E-state index contributed by atoms with van der Waals surface area (Å²) in [6.45, 7) is 1.91. The van der Waals surface area contributed by atoms with Gasteiger partial charge >= 0.3 is 0 Å². The van der Waals surface area contributed by atoms with Gasteiger partial charge in [0.15, 0.2) is 0 Å². The first kappa shape index (κ1) is 16.7. The highest BCUT2D eigenvalue weighted by Gasteiger charge is 2.11. The molecule has 0 saturated carbocycles. The molecule has 0 bridgehead atoms. The Hall–Kier alpha value is -3.15. The van der Waals surface area contributed by atoms with Gasteiger partial charge in [0.05, 0.1) is 37.8 Å². The van der Waals surface area contributed by atoms with Gasteiger partial charge in [0, 0.05) is 18.1 Å². The summed E-state index contributed by atoms with van der Waals surface area (Å²) >= 11 is 0. The van der Waals surface area contributed by atoms with Crippen LogP contribution in [0.15, 0.2) is 61.3 Å². The van der Waals surface area contributed by atoms with Crippen LogP contribution in [0.2, 0.25) is 0 Å². The van der Waals surface area contributed by atoms with Gasteiger partial charge < -0.3 is 14.6 Å². The minimum absolute atomic E-state index is 0.0412. The Morgan fingerprint density at radius 2 is 2.04 bits per heavy atom. The minimum Gasteiger partial charge on any atom is -0.495 e. The molecule has 6 nitrogen and oxygen atoms in total. The maximum atomic E-state index is 12.3. The molecule has 0 aliphatic heterocycles. The third-order valence-corrected chi connectivity index (χ3v) is 3.92. The van der Waals surface area contributed by atoms with E-state index in [0.29, 0.717) is 12.2 Å². The smallest absolute Gasteiger partial charge is 0.224 e. The molecule has 0 radical (unpaired) electrons. The molecule has 1 N–H and O–H groups in total. The van der Waals surface area contributed by atoms with Crippen molar-refractivity contribution < 1.29 is 9.53 Å². The second kappa shape index (κ2) is 7.61. The summed E-state index contributed by atoms with van der Waals surface area (Å²) in [5.41, 5.74) is 2.76. The molecular weight excluding hydrogens is 316 g/mol. The molecule has 1 amide bonds. The first-order valence-corrected chi connectivity index (χ1v) is 8.02. The molecule has 3 rings (SSSR count). The molecule has 0 saturated heterocycles. The van der Waals surface area contributed by atoms with E-state index >= 15 is 0 Å². The number of rotatable bonds is 6. The highest BCUT2D eigenvalue weighted by molar-refractivity contribution is 5.79. The van der Waals surface area contributed by atoms with E-state index in [0.717, 1.165) is 16.9 Å². The van der Waals surface area contributed by atoms with E-state index in [1.807, 2.05) is 54.1 Å². The lowest BCUT2D eigenvalue weighted by molar-refractivity contribution is -0.121. The molecule has 25 heavy (non-hydrogen) atoms. The van der Waals surface area contributed by atoms with Gasteiger partial charge in [-0.05, 0) is 36.8 Å². The fourth-order valence-electron chi connectivity index (χ4n) is 2.52. The number of nitrogens with one attached hydrogen (secondary N) is 1. The van der Waals surface area contributed by atoms with E-state index in [9.17, 15) is 4.79 Å². The Bertz CT molecular complexity index is 812. The van der Waals surface area contributed by atoms with Gasteiger partial charge in [0.1, 0.15) is 5.75 Å². The molecule has 0 fully saturated rings. The summed E-state index contributed by atoms with van der Waals surface area (Å²) in [7, 11) is 1.60. The van der Waals surface area contributed by atoms with Crippen LogP contribution in [0.1, 0.15) is 24.2 Å². The van der Waals surface area contributed by atoms with E-state index in [-0.39, 0.29) is 11.9 Å². The Labute approximate surface area is 146 Å². The first-order chi connectivity index (χ1) is 12.2. The van der Waals surface area contributed by atoms with E-state index < -0.39 is 0 Å². The van der Waals surface area contributed by atoms with Gasteiger partial charge in [-0.1, -0.05) is 12.1 Å². The molecular formula is C19H20N4O2. The monoisotopic (exact) mass is 336 g/mol. The van der Waals surface area contributed by atoms with E-state index in [1.54, 1.807) is 25.8 Å². The van der Waals surface area contributed by atoms with Crippen molar-refractivity contribution in [3.05, 3.63) is 72.6 Å². The lowest BCUT2D eigenvalue weighted by Gasteiger charge is -2.14. The van der Waals surface area contributed by atoms with Crippen LogP contribution in [0, 0.1) is 0 Å². The number of imidazole rings is 1. The zero-order chi connectivity index (χ0) is 17.6. The fraction of sp³-hybridized carbons (Fsp3) is 0.211. The Morgan fingerprint density at radius 3 is 2.64 bits per heavy atom. The summed E-state index contributed by atoms with van der Waals surface area (Å²) in [5, 5.41) is 2.97. The zero-order valence-corrected chi connectivity index (χ0v) is 14.2. The number of carbonyl (C=O) groups is 1. The molecule has 0 aliphatic rings. The van der Waals surface area contributed by atoms with Gasteiger partial charge in [-0.25, -0.2) is 4.98 Å². The van der Waals surface area contributed by atoms with Crippen LogP contribution in [0.5, 0.6) is 5.75 Å². The van der Waals surface area contributed by atoms with Gasteiger partial charge in [0.2, 0.25) is 5.91 Å². The highest BCUT2D eigenvalue weighted by Crippen LogP contribution is 2.14. The first-order valence-electron chi connectivity index (χ1n) is 8.02. The van der Waals surface area contributed by atoms with E-state index in [1.165, 1.54) is 0 Å². The van der Waals surface area contributed by atoms with Gasteiger partial charge in [-0.3, -0.25) is 9.78 Å². The van der Waals surface area contributed by atoms with Crippen molar-refractivity contribution in [2.45, 2.75) is 19.4 Å². The van der Waals surface area contributed by atoms with Crippen LogP contribution < -0.4 is 10.1 Å². The van der Waals surface area contributed by atoms with Crippen LogP contribution in [0.25, 0.3) is 5.69 Å². The van der Waals surface area contributed by atoms with Crippen molar-refractivity contribution in [3.8, 4) is 11.4 Å². The number of ether oxygens (including phenoxy) is 1. The molecule has 3 aromatic rings. The van der Waals surface area contributed by atoms with Crippen LogP contribution >= 0.6 is 0 Å². The summed E-state index contributed by atoms with van der Waals surface area (Å²) in [5.74, 6) is 0.653. The van der Waals surface area contributed by atoms with E-state index in [2.05, 4.69) is 15.3 Å². The molecule has 128 valence electrons. The topological polar surface area (TPSA) is 69.0 Å². The lowest BCUT2D eigenvalue weighted by Crippen LogP contribution is -2.28. The number of benzene rings is 1. The normalized spacial score (nSPS) is 11.8. The van der Waals surface area contributed by atoms with Crippen LogP contribution in [0.3, 0.4) is 0 Å². The van der Waals surface area contributed by atoms with Crippen LogP contribution in [-0.2, 0) is 11.2 Å². The van der Waals surface area contributed by atoms with E-state index in [4.69, 9.17) is 4.74 Å². The molecule has 0 unspecified atom stereocenters. The van der Waals surface area contributed by atoms with Gasteiger partial charge in [0.25, 0.3) is 0 Å². The Kier molecular flexibility index (Phi) is 5.09. The van der Waals surface area contributed by atoms with Crippen molar-refractivity contribution in [2.75, 3.05) is 7.11 Å². The fourth-order valence-corrected chi connectivity index (χ4v) is 2.52. The molecule has 6 heteroatoms. The van der Waals surface area contributed by atoms with Crippen molar-refractivity contribution >= 4 is 5.91 Å². The van der Waals surface area contributed by atoms with Crippen molar-refractivity contribution in [1.29, 1.82) is 0 Å². The number of aromatic nitrogens is 3. The second-order valence-electron chi connectivity index (χ2n) is 5.73. The summed E-state index contributed by atoms with van der Waals surface area (Å²) < 4.78 is 7.01. The average molecular weight is 336 g/mol. The number of amides is 1. The molecule has 0 spiro atoms. The van der Waals surface area contributed by atoms with Crippen LogP contribution in [-0.4, -0.2) is 27.6 Å². The largest absolute Gasteiger partial charge is 0.495 e. The Balaban J connectivity index is 1.58. The van der Waals surface area contributed by atoms with Gasteiger partial charge in [-0.2, -0.15) is 0 Å². The SMILES string of the molecule is COc1ccc([C@@H](C)NC(=O)Cc2ccc(-n3ccnc3)cc2)nc1. The number of hydrogen-bond donors (Lipinski definition) is 1. The summed E-state index contributed by atoms with van der Waals surface area (Å²) in [6, 6.07) is 11.4. The second-order valence-corrected chi connectivity index (χ2v) is 5.73. The number of nitrogens with zero attached hydrogens (tertiary/aromatic N) is 3. The molecule has 0 aliphatic carbocycles. The zero-order valence-electron chi connectivity index (χ0n) is 14.2. The molecule has 1 aromatic carbocycles. The number of hydrogen-bond acceptors (Lipinski definition) is 4. The third kappa shape index (κ3) is 4.23. The average Bonchev–Trinajstić information content (AvgIpc) is 3.17. The maximum Gasteiger partial charge on any atom is 0.224 e. The summed E-state index contributed by atoms with van der Waals surface area (Å²) in [4.78, 5) is 20.6. The van der Waals surface area contributed by atoms with Crippen molar-refractivity contribution in [3.63, 3.8) is 0 Å². The standard InChI is InChI=1S/C19H20N4O2/c1-14(18-8-7-17(25-2)12-21-18)22-19(24)11-15-3-5-16(6-4-15)23-10-9-20-13-23/h3-10,12-14H,11H2,1-2H3,(H,22,24)/t14-/m1/s1. The molecule has 2 aromatic heterocycles. The molecule has 1 atom stereocenters. The Morgan fingerprint density at radius 1 is 1.24 bits per heavy atom. The number of methoxy groups -OCH3 is 1. The lowest BCUT2D eigenvalue weighted by atomic mass is 10.1. The quantitative estimate of drug-likeness (QED) is 0.751. The predicted octanol–water partition coefficient (Wildman–Crippen LogP) is 2.70. The predicted molar refractivity (Wildman–Crippen MR) is 94.6 cm³/mol. The molecule has 2 heterocycles. The number of carbonyl (C=O) groups excluding carboxylic acids is 1. The van der Waals surface area contributed by atoms with Crippen molar-refractivity contribution in [1.82, 2.24) is 19.9 Å². The van der Waals surface area contributed by atoms with Crippen molar-refractivity contribution in [2.24, 2.45) is 0 Å². The third-order valence-electron chi connectivity index (χ3n) is 3.92. The minimum atomic E-state index is -0.163. The van der Waals surface area contributed by atoms with Gasteiger partial charge in [-0.15, -0.1) is 0 Å². The van der Waals surface area contributed by atoms with Crippen LogP contribution in [0.4, 0.5) is 0 Å². The summed E-state index contributed by atoms with van der Waals surface area (Å²) in [6.07, 6.45) is 7.32. The maximum absolute atomic E-state index is 12.3. The number of pyridine rings is 1. The highest BCUT2D eigenvalue weighted by atomic mass is 16.5.